The molecule has 1 fully saturated rings. The van der Waals surface area contributed by atoms with Gasteiger partial charge in [-0.25, -0.2) is 9.69 Å². The number of amides is 3. The molecule has 0 spiro atoms. The Bertz CT molecular complexity index is 707. The van der Waals surface area contributed by atoms with Crippen LogP contribution in [-0.2, 0) is 20.7 Å². The Balaban J connectivity index is 2.36. The van der Waals surface area contributed by atoms with Crippen LogP contribution in [0.5, 0.6) is 11.5 Å². The van der Waals surface area contributed by atoms with Gasteiger partial charge in [0.2, 0.25) is 5.91 Å². The number of imide groups is 1. The molecule has 142 valence electrons. The Hall–Kier alpha value is -2.77. The molecule has 1 heterocycles. The fourth-order valence-electron chi connectivity index (χ4n) is 3.00. The molecular formula is C18H24N2O6. The van der Waals surface area contributed by atoms with Gasteiger partial charge in [0.15, 0.2) is 11.5 Å². The summed E-state index contributed by atoms with van der Waals surface area (Å²) in [5.41, 5.74) is 1.28. The number of nitrogens with zero attached hydrogens (tertiary/aromatic N) is 2. The van der Waals surface area contributed by atoms with E-state index in [-0.39, 0.29) is 24.6 Å². The fourth-order valence-corrected chi connectivity index (χ4v) is 3.00. The fraction of sp³-hybridized carbons (Fsp3) is 0.500. The average Bonchev–Trinajstić information content (AvgIpc) is 2.51. The van der Waals surface area contributed by atoms with Gasteiger partial charge in [-0.15, -0.1) is 0 Å². The molecule has 0 aromatic heterocycles. The third kappa shape index (κ3) is 3.89. The second-order valence-electron chi connectivity index (χ2n) is 6.58. The number of hydrogen-bond acceptors (Lipinski definition) is 6. The molecular weight excluding hydrogens is 340 g/mol. The van der Waals surface area contributed by atoms with Gasteiger partial charge in [-0.2, -0.15) is 0 Å². The van der Waals surface area contributed by atoms with Crippen molar-refractivity contribution in [2.24, 2.45) is 0 Å². The molecule has 8 nitrogen and oxygen atoms in total. The highest BCUT2D eigenvalue weighted by atomic mass is 16.6. The van der Waals surface area contributed by atoms with Crippen LogP contribution in [-0.4, -0.2) is 65.7 Å². The first-order valence-electron chi connectivity index (χ1n) is 8.29. The number of piperazine rings is 1. The lowest BCUT2D eigenvalue weighted by Crippen LogP contribution is -2.61. The van der Waals surface area contributed by atoms with Crippen molar-refractivity contribution in [1.82, 2.24) is 9.80 Å². The van der Waals surface area contributed by atoms with Crippen molar-refractivity contribution in [3.8, 4) is 11.5 Å². The summed E-state index contributed by atoms with van der Waals surface area (Å²) in [4.78, 5) is 39.5. The Morgan fingerprint density at radius 1 is 1.35 bits per heavy atom. The summed E-state index contributed by atoms with van der Waals surface area (Å²) in [6, 6.07) is 2.18. The van der Waals surface area contributed by atoms with E-state index < -0.39 is 24.1 Å². The summed E-state index contributed by atoms with van der Waals surface area (Å²) in [6.07, 6.45) is -1.19. The van der Waals surface area contributed by atoms with E-state index in [1.807, 2.05) is 0 Å². The van der Waals surface area contributed by atoms with Crippen LogP contribution >= 0.6 is 0 Å². The Kier molecular flexibility index (Phi) is 5.74. The summed E-state index contributed by atoms with van der Waals surface area (Å²) in [6.45, 7) is 4.91. The van der Waals surface area contributed by atoms with E-state index in [0.29, 0.717) is 16.9 Å². The van der Waals surface area contributed by atoms with Crippen molar-refractivity contribution in [2.75, 3.05) is 20.7 Å². The molecule has 1 unspecified atom stereocenters. The quantitative estimate of drug-likeness (QED) is 0.869. The van der Waals surface area contributed by atoms with E-state index in [1.165, 1.54) is 25.1 Å². The van der Waals surface area contributed by atoms with Crippen LogP contribution in [0, 0.1) is 6.92 Å². The maximum absolute atomic E-state index is 12.6. The van der Waals surface area contributed by atoms with Crippen molar-refractivity contribution < 1.29 is 29.0 Å². The van der Waals surface area contributed by atoms with Gasteiger partial charge < -0.3 is 19.5 Å². The second-order valence-corrected chi connectivity index (χ2v) is 6.58. The Labute approximate surface area is 152 Å². The number of ether oxygens (including phenoxy) is 2. The molecule has 1 aromatic rings. The molecule has 26 heavy (non-hydrogen) atoms. The molecule has 1 N–H and O–H groups in total. The van der Waals surface area contributed by atoms with Gasteiger partial charge in [0, 0.05) is 13.5 Å². The summed E-state index contributed by atoms with van der Waals surface area (Å²) in [5, 5.41) is 10.1. The number of benzene rings is 1. The van der Waals surface area contributed by atoms with Crippen LogP contribution in [0.15, 0.2) is 12.1 Å². The third-order valence-corrected chi connectivity index (χ3v) is 4.10. The minimum Gasteiger partial charge on any atom is -0.504 e. The normalized spacial score (nSPS) is 17.7. The molecule has 8 heteroatoms. The zero-order chi connectivity index (χ0) is 19.6. The first-order chi connectivity index (χ1) is 12.1. The Morgan fingerprint density at radius 2 is 2.00 bits per heavy atom. The maximum Gasteiger partial charge on any atom is 0.417 e. The van der Waals surface area contributed by atoms with Crippen molar-refractivity contribution in [2.45, 2.75) is 39.3 Å². The SMILES string of the molecule is COc1c(C)cc(CC2C(=O)N(C)CC(=O)N2C(=O)OC(C)C)cc1O. The van der Waals surface area contributed by atoms with Crippen LogP contribution in [0.2, 0.25) is 0 Å². The van der Waals surface area contributed by atoms with Crippen molar-refractivity contribution in [3.63, 3.8) is 0 Å². The lowest BCUT2D eigenvalue weighted by atomic mass is 9.99. The topological polar surface area (TPSA) is 96.4 Å². The Morgan fingerprint density at radius 3 is 2.54 bits per heavy atom. The highest BCUT2D eigenvalue weighted by molar-refractivity contribution is 6.03. The zero-order valence-electron chi connectivity index (χ0n) is 15.6. The molecule has 0 bridgehead atoms. The molecule has 2 rings (SSSR count). The number of rotatable bonds is 4. The number of aromatic hydroxyl groups is 1. The van der Waals surface area contributed by atoms with Crippen LogP contribution in [0.3, 0.4) is 0 Å². The van der Waals surface area contributed by atoms with Crippen LogP contribution in [0.25, 0.3) is 0 Å². The summed E-state index contributed by atoms with van der Waals surface area (Å²) < 4.78 is 10.2. The predicted molar refractivity (Wildman–Crippen MR) is 93.0 cm³/mol. The van der Waals surface area contributed by atoms with Crippen molar-refractivity contribution >= 4 is 17.9 Å². The van der Waals surface area contributed by atoms with E-state index in [9.17, 15) is 19.5 Å². The molecule has 3 amide bonds. The number of phenolic OH excluding ortho intramolecular Hbond substituents is 1. The van der Waals surface area contributed by atoms with Gasteiger partial charge in [-0.1, -0.05) is 6.07 Å². The molecule has 1 saturated heterocycles. The third-order valence-electron chi connectivity index (χ3n) is 4.10. The van der Waals surface area contributed by atoms with Crippen LogP contribution < -0.4 is 4.74 Å². The van der Waals surface area contributed by atoms with E-state index in [0.717, 1.165) is 4.90 Å². The summed E-state index contributed by atoms with van der Waals surface area (Å²) in [5.74, 6) is -0.592. The van der Waals surface area contributed by atoms with Gasteiger partial charge >= 0.3 is 6.09 Å². The molecule has 0 saturated carbocycles. The smallest absolute Gasteiger partial charge is 0.417 e. The minimum atomic E-state index is -1.03. The maximum atomic E-state index is 12.6. The van der Waals surface area contributed by atoms with Crippen LogP contribution in [0.1, 0.15) is 25.0 Å². The highest BCUT2D eigenvalue weighted by Gasteiger charge is 2.42. The number of likely N-dealkylation sites (N-methyl/N-ethyl adjacent to an activating group) is 1. The molecule has 1 atom stereocenters. The molecule has 1 aliphatic rings. The standard InChI is InChI=1S/C18H24N2O6/c1-10(2)26-18(24)20-13(17(23)19(4)9-15(20)22)7-12-6-11(3)16(25-5)14(21)8-12/h6,8,10,13,21H,7,9H2,1-5H3. The first kappa shape index (κ1) is 19.6. The molecule has 0 aliphatic carbocycles. The number of aryl methyl sites for hydroxylation is 1. The number of phenols is 1. The second kappa shape index (κ2) is 7.63. The zero-order valence-corrected chi connectivity index (χ0v) is 15.6. The summed E-state index contributed by atoms with van der Waals surface area (Å²) in [7, 11) is 2.96. The number of methoxy groups -OCH3 is 1. The highest BCUT2D eigenvalue weighted by Crippen LogP contribution is 2.32. The molecule has 1 aliphatic heterocycles. The van der Waals surface area contributed by atoms with Crippen molar-refractivity contribution in [1.29, 1.82) is 0 Å². The van der Waals surface area contributed by atoms with E-state index in [4.69, 9.17) is 9.47 Å². The van der Waals surface area contributed by atoms with Gasteiger partial charge in [0.1, 0.15) is 12.6 Å². The first-order valence-corrected chi connectivity index (χ1v) is 8.29. The van der Waals surface area contributed by atoms with Gasteiger partial charge in [-0.3, -0.25) is 9.59 Å². The van der Waals surface area contributed by atoms with Gasteiger partial charge in [0.05, 0.1) is 13.2 Å². The predicted octanol–water partition coefficient (Wildman–Crippen LogP) is 1.47. The van der Waals surface area contributed by atoms with Crippen molar-refractivity contribution in [3.05, 3.63) is 23.3 Å². The van der Waals surface area contributed by atoms with E-state index in [2.05, 4.69) is 0 Å². The molecule has 0 radical (unpaired) electrons. The van der Waals surface area contributed by atoms with Crippen LogP contribution in [0.4, 0.5) is 4.79 Å². The van der Waals surface area contributed by atoms with Gasteiger partial charge in [-0.05, 0) is 38.0 Å². The number of carbonyl (C=O) groups excluding carboxylic acids is 3. The average molecular weight is 364 g/mol. The number of carbonyl (C=O) groups is 3. The monoisotopic (exact) mass is 364 g/mol. The van der Waals surface area contributed by atoms with E-state index >= 15 is 0 Å². The lowest BCUT2D eigenvalue weighted by Gasteiger charge is -2.37. The minimum absolute atomic E-state index is 0.0678. The lowest BCUT2D eigenvalue weighted by molar-refractivity contribution is -0.152. The van der Waals surface area contributed by atoms with Gasteiger partial charge in [0.25, 0.3) is 5.91 Å². The van der Waals surface area contributed by atoms with E-state index in [1.54, 1.807) is 26.8 Å². The number of hydrogen-bond donors (Lipinski definition) is 1. The largest absolute Gasteiger partial charge is 0.504 e. The molecule has 1 aromatic carbocycles. The summed E-state index contributed by atoms with van der Waals surface area (Å²) >= 11 is 0.